The Balaban J connectivity index is 1.78. The molecule has 0 amide bonds. The molecular formula is C20H23NO2. The maximum Gasteiger partial charge on any atom is 0.200 e. The van der Waals surface area contributed by atoms with Gasteiger partial charge >= 0.3 is 0 Å². The molecule has 23 heavy (non-hydrogen) atoms. The first-order chi connectivity index (χ1) is 11.1. The molecule has 0 aliphatic heterocycles. The quantitative estimate of drug-likeness (QED) is 0.860. The summed E-state index contributed by atoms with van der Waals surface area (Å²) in [7, 11) is 0. The zero-order chi connectivity index (χ0) is 16.0. The highest BCUT2D eigenvalue weighted by Gasteiger charge is 2.33. The Morgan fingerprint density at radius 2 is 1.78 bits per heavy atom. The molecule has 0 radical (unpaired) electrons. The summed E-state index contributed by atoms with van der Waals surface area (Å²) in [5.74, 6) is 1.11. The van der Waals surface area contributed by atoms with Gasteiger partial charge in [0.1, 0.15) is 0 Å². The van der Waals surface area contributed by atoms with E-state index in [2.05, 4.69) is 4.98 Å². The van der Waals surface area contributed by atoms with E-state index in [0.717, 1.165) is 23.2 Å². The molecule has 1 aromatic carbocycles. The normalized spacial score (nSPS) is 22.3. The van der Waals surface area contributed by atoms with Gasteiger partial charge in [0.15, 0.2) is 11.2 Å². The molecule has 0 saturated heterocycles. The Morgan fingerprint density at radius 3 is 2.57 bits per heavy atom. The number of ketones is 1. The molecule has 1 fully saturated rings. The minimum Gasteiger partial charge on any atom is -0.358 e. The van der Waals surface area contributed by atoms with Crippen molar-refractivity contribution in [3.63, 3.8) is 0 Å². The van der Waals surface area contributed by atoms with Crippen LogP contribution in [0.1, 0.15) is 60.1 Å². The highest BCUT2D eigenvalue weighted by atomic mass is 16.1. The molecule has 2 aliphatic rings. The Labute approximate surface area is 136 Å². The third-order valence-corrected chi connectivity index (χ3v) is 5.74. The second kappa shape index (κ2) is 5.63. The number of aryl methyl sites for hydroxylation is 1. The third kappa shape index (κ3) is 2.52. The monoisotopic (exact) mass is 309 g/mol. The highest BCUT2D eigenvalue weighted by molar-refractivity contribution is 6.01. The lowest BCUT2D eigenvalue weighted by atomic mass is 9.72. The average molecular weight is 309 g/mol. The Hall–Kier alpha value is -1.90. The second-order valence-corrected chi connectivity index (χ2v) is 7.35. The van der Waals surface area contributed by atoms with E-state index in [0.29, 0.717) is 29.2 Å². The summed E-state index contributed by atoms with van der Waals surface area (Å²) >= 11 is 0. The zero-order valence-electron chi connectivity index (χ0n) is 13.7. The van der Waals surface area contributed by atoms with Gasteiger partial charge in [-0.15, -0.1) is 0 Å². The van der Waals surface area contributed by atoms with Crippen LogP contribution >= 0.6 is 0 Å². The molecule has 120 valence electrons. The van der Waals surface area contributed by atoms with Gasteiger partial charge in [0.25, 0.3) is 0 Å². The molecule has 4 rings (SSSR count). The van der Waals surface area contributed by atoms with Gasteiger partial charge in [0, 0.05) is 23.0 Å². The predicted octanol–water partition coefficient (Wildman–Crippen LogP) is 4.16. The van der Waals surface area contributed by atoms with Gasteiger partial charge in [-0.1, -0.05) is 38.2 Å². The number of hydrogen-bond acceptors (Lipinski definition) is 2. The summed E-state index contributed by atoms with van der Waals surface area (Å²) in [4.78, 5) is 28.8. The number of pyridine rings is 1. The lowest BCUT2D eigenvalue weighted by Crippen LogP contribution is -2.32. The smallest absolute Gasteiger partial charge is 0.200 e. The van der Waals surface area contributed by atoms with Gasteiger partial charge in [0.2, 0.25) is 0 Å². The number of hydrogen-bond donors (Lipinski definition) is 1. The zero-order valence-corrected chi connectivity index (χ0v) is 13.7. The van der Waals surface area contributed by atoms with E-state index >= 15 is 0 Å². The first-order valence-electron chi connectivity index (χ1n) is 8.82. The van der Waals surface area contributed by atoms with E-state index < -0.39 is 0 Å². The first-order valence-corrected chi connectivity index (χ1v) is 8.82. The van der Waals surface area contributed by atoms with E-state index in [4.69, 9.17) is 0 Å². The highest BCUT2D eigenvalue weighted by Crippen LogP contribution is 2.37. The second-order valence-electron chi connectivity index (χ2n) is 7.35. The number of aromatic nitrogens is 1. The summed E-state index contributed by atoms with van der Waals surface area (Å²) in [5.41, 5.74) is 3.21. The molecule has 1 N–H and O–H groups in total. The number of benzene rings is 1. The SMILES string of the molecule is Cc1ccc2c(=O)c3c([nH]c2c1)CC(C1CCCCC1)CC3=O. The molecule has 2 aliphatic carbocycles. The summed E-state index contributed by atoms with van der Waals surface area (Å²) in [6.07, 6.45) is 7.79. The Kier molecular flexibility index (Phi) is 3.59. The van der Waals surface area contributed by atoms with Crippen LogP contribution in [0.4, 0.5) is 0 Å². The number of aromatic amines is 1. The van der Waals surface area contributed by atoms with Crippen molar-refractivity contribution in [2.45, 2.75) is 51.9 Å². The van der Waals surface area contributed by atoms with E-state index in [1.54, 1.807) is 0 Å². The number of H-pyrrole nitrogens is 1. The van der Waals surface area contributed by atoms with Crippen molar-refractivity contribution in [1.29, 1.82) is 0 Å². The van der Waals surface area contributed by atoms with Crippen molar-refractivity contribution < 1.29 is 4.79 Å². The van der Waals surface area contributed by atoms with Gasteiger partial charge in [-0.05, 0) is 42.9 Å². The molecule has 3 nitrogen and oxygen atoms in total. The molecule has 3 heteroatoms. The Bertz CT molecular complexity index is 827. The molecule has 0 bridgehead atoms. The number of rotatable bonds is 1. The van der Waals surface area contributed by atoms with Crippen LogP contribution in [0.2, 0.25) is 0 Å². The molecule has 1 heterocycles. The summed E-state index contributed by atoms with van der Waals surface area (Å²) in [6, 6.07) is 5.78. The summed E-state index contributed by atoms with van der Waals surface area (Å²) in [5, 5.41) is 0.638. The maximum atomic E-state index is 12.7. The van der Waals surface area contributed by atoms with Crippen LogP contribution in [0.15, 0.2) is 23.0 Å². The molecular weight excluding hydrogens is 286 g/mol. The largest absolute Gasteiger partial charge is 0.358 e. The number of carbonyl (C=O) groups excluding carboxylic acids is 1. The van der Waals surface area contributed by atoms with Crippen molar-refractivity contribution in [2.75, 3.05) is 0 Å². The lowest BCUT2D eigenvalue weighted by Gasteiger charge is -2.33. The van der Waals surface area contributed by atoms with Gasteiger partial charge in [0.05, 0.1) is 5.56 Å². The standard InChI is InChI=1S/C20H23NO2/c1-12-7-8-15-16(9-12)21-17-10-14(13-5-3-2-4-6-13)11-18(22)19(17)20(15)23/h7-9,13-14H,2-6,10-11H2,1H3,(H,21,23). The average Bonchev–Trinajstić information content (AvgIpc) is 2.55. The topological polar surface area (TPSA) is 49.9 Å². The minimum absolute atomic E-state index is 0.0468. The fraction of sp³-hybridized carbons (Fsp3) is 0.500. The Morgan fingerprint density at radius 1 is 1.00 bits per heavy atom. The minimum atomic E-state index is -0.0826. The van der Waals surface area contributed by atoms with Crippen molar-refractivity contribution in [1.82, 2.24) is 4.98 Å². The predicted molar refractivity (Wildman–Crippen MR) is 92.0 cm³/mol. The van der Waals surface area contributed by atoms with Gasteiger partial charge in [-0.2, -0.15) is 0 Å². The van der Waals surface area contributed by atoms with Crippen LogP contribution in [0.3, 0.4) is 0 Å². The fourth-order valence-corrected chi connectivity index (χ4v) is 4.52. The van der Waals surface area contributed by atoms with Crippen molar-refractivity contribution in [2.24, 2.45) is 11.8 Å². The van der Waals surface area contributed by atoms with Crippen molar-refractivity contribution in [3.8, 4) is 0 Å². The molecule has 1 unspecified atom stereocenters. The van der Waals surface area contributed by atoms with Crippen LogP contribution in [0.25, 0.3) is 10.9 Å². The van der Waals surface area contributed by atoms with Crippen LogP contribution in [0.5, 0.6) is 0 Å². The molecule has 1 saturated carbocycles. The summed E-state index contributed by atoms with van der Waals surface area (Å²) < 4.78 is 0. The molecule has 0 spiro atoms. The van der Waals surface area contributed by atoms with Crippen LogP contribution in [0, 0.1) is 18.8 Å². The third-order valence-electron chi connectivity index (χ3n) is 5.74. The molecule has 1 aromatic heterocycles. The van der Waals surface area contributed by atoms with Gasteiger partial charge < -0.3 is 4.98 Å². The van der Waals surface area contributed by atoms with E-state index in [-0.39, 0.29) is 11.2 Å². The van der Waals surface area contributed by atoms with Gasteiger partial charge in [-0.3, -0.25) is 9.59 Å². The molecule has 2 aromatic rings. The number of nitrogens with one attached hydrogen (secondary N) is 1. The molecule has 1 atom stereocenters. The van der Waals surface area contributed by atoms with Crippen molar-refractivity contribution >= 4 is 16.7 Å². The van der Waals surface area contributed by atoms with E-state index in [9.17, 15) is 9.59 Å². The number of fused-ring (bicyclic) bond motifs is 2. The van der Waals surface area contributed by atoms with Gasteiger partial charge in [-0.25, -0.2) is 0 Å². The maximum absolute atomic E-state index is 12.7. The fourth-order valence-electron chi connectivity index (χ4n) is 4.52. The van der Waals surface area contributed by atoms with E-state index in [1.165, 1.54) is 32.1 Å². The lowest BCUT2D eigenvalue weighted by molar-refractivity contribution is 0.0909. The van der Waals surface area contributed by atoms with Crippen LogP contribution in [-0.2, 0) is 6.42 Å². The summed E-state index contributed by atoms with van der Waals surface area (Å²) in [6.45, 7) is 2.02. The van der Waals surface area contributed by atoms with Crippen molar-refractivity contribution in [3.05, 3.63) is 45.2 Å². The van der Waals surface area contributed by atoms with Crippen LogP contribution < -0.4 is 5.43 Å². The van der Waals surface area contributed by atoms with Crippen LogP contribution in [-0.4, -0.2) is 10.8 Å². The number of Topliss-reactive ketones (excluding diaryl/α,β-unsaturated/α-hetero) is 1. The first kappa shape index (κ1) is 14.7. The van der Waals surface area contributed by atoms with E-state index in [1.807, 2.05) is 25.1 Å². The number of carbonyl (C=O) groups is 1.